The number of β-amino-alcohol motifs (C(OH)–C–C–N with tert-alkyl or cyclic N) is 1. The maximum Gasteiger partial charge on any atom is 0.0558 e. The van der Waals surface area contributed by atoms with Crippen LogP contribution in [0.5, 0.6) is 0 Å². The van der Waals surface area contributed by atoms with E-state index >= 15 is 0 Å². The molecule has 0 bridgehead atoms. The molecule has 0 aromatic heterocycles. The van der Waals surface area contributed by atoms with E-state index in [4.69, 9.17) is 5.11 Å². The van der Waals surface area contributed by atoms with E-state index in [2.05, 4.69) is 16.4 Å². The lowest BCUT2D eigenvalue weighted by atomic mass is 10.4. The van der Waals surface area contributed by atoms with Crippen molar-refractivity contribution in [2.75, 3.05) is 45.9 Å². The Morgan fingerprint density at radius 2 is 1.85 bits per heavy atom. The van der Waals surface area contributed by atoms with Gasteiger partial charge in [0.2, 0.25) is 0 Å². The molecule has 0 amide bonds. The molecule has 0 saturated carbocycles. The maximum absolute atomic E-state index is 8.81. The summed E-state index contributed by atoms with van der Waals surface area (Å²) in [4.78, 5) is 4.73. The van der Waals surface area contributed by atoms with Crippen molar-refractivity contribution in [2.45, 2.75) is 6.42 Å². The molecule has 1 saturated heterocycles. The fourth-order valence-corrected chi connectivity index (χ4v) is 1.75. The summed E-state index contributed by atoms with van der Waals surface area (Å²) in [6.07, 6.45) is 3.16. The Morgan fingerprint density at radius 1 is 1.15 bits per heavy atom. The normalized spacial score (nSPS) is 21.3. The van der Waals surface area contributed by atoms with Gasteiger partial charge in [0.15, 0.2) is 0 Å². The number of rotatable bonds is 4. The van der Waals surface area contributed by atoms with E-state index in [1.54, 1.807) is 0 Å². The van der Waals surface area contributed by atoms with Crippen LogP contribution in [0, 0.1) is 0 Å². The first kappa shape index (κ1) is 10.7. The van der Waals surface area contributed by atoms with Crippen LogP contribution in [0.4, 0.5) is 0 Å². The van der Waals surface area contributed by atoms with Crippen molar-refractivity contribution in [3.63, 3.8) is 0 Å². The predicted molar refractivity (Wildman–Crippen MR) is 54.8 cm³/mol. The second kappa shape index (κ2) is 6.13. The maximum atomic E-state index is 8.81. The monoisotopic (exact) mass is 184 g/mol. The highest BCUT2D eigenvalue weighted by atomic mass is 16.3. The summed E-state index contributed by atoms with van der Waals surface area (Å²) >= 11 is 0. The summed E-state index contributed by atoms with van der Waals surface area (Å²) in [6.45, 7) is 10.3. The van der Waals surface area contributed by atoms with E-state index in [9.17, 15) is 0 Å². The van der Waals surface area contributed by atoms with Gasteiger partial charge in [-0.1, -0.05) is 6.08 Å². The van der Waals surface area contributed by atoms with Crippen LogP contribution in [0.1, 0.15) is 6.42 Å². The van der Waals surface area contributed by atoms with Gasteiger partial charge in [0.25, 0.3) is 0 Å². The molecule has 0 atom stereocenters. The summed E-state index contributed by atoms with van der Waals surface area (Å²) in [6, 6.07) is 0. The smallest absolute Gasteiger partial charge is 0.0558 e. The van der Waals surface area contributed by atoms with Crippen molar-refractivity contribution in [3.05, 3.63) is 12.7 Å². The third kappa shape index (κ3) is 3.89. The minimum atomic E-state index is 0.279. The Balaban J connectivity index is 2.26. The van der Waals surface area contributed by atoms with Gasteiger partial charge in [-0.05, 0) is 19.5 Å². The minimum Gasteiger partial charge on any atom is -0.395 e. The summed E-state index contributed by atoms with van der Waals surface area (Å²) in [7, 11) is 0. The number of aliphatic hydroxyl groups is 1. The third-order valence-electron chi connectivity index (χ3n) is 2.48. The summed E-state index contributed by atoms with van der Waals surface area (Å²) in [5.74, 6) is 0. The van der Waals surface area contributed by atoms with Gasteiger partial charge in [-0.2, -0.15) is 0 Å². The zero-order valence-corrected chi connectivity index (χ0v) is 8.28. The Morgan fingerprint density at radius 3 is 2.54 bits per heavy atom. The highest BCUT2D eigenvalue weighted by molar-refractivity contribution is 4.76. The molecule has 1 aliphatic rings. The molecular formula is C10H20N2O. The molecule has 1 fully saturated rings. The highest BCUT2D eigenvalue weighted by Gasteiger charge is 2.12. The molecule has 0 aromatic rings. The number of nitrogens with zero attached hydrogens (tertiary/aromatic N) is 2. The molecule has 1 N–H and O–H groups in total. The van der Waals surface area contributed by atoms with Crippen molar-refractivity contribution in [1.29, 1.82) is 0 Å². The molecule has 0 radical (unpaired) electrons. The highest BCUT2D eigenvalue weighted by Crippen LogP contribution is 2.01. The number of hydrogen-bond donors (Lipinski definition) is 1. The molecular weight excluding hydrogens is 164 g/mol. The first-order valence-corrected chi connectivity index (χ1v) is 5.03. The molecule has 0 spiro atoms. The Bertz CT molecular complexity index is 150. The van der Waals surface area contributed by atoms with Crippen LogP contribution >= 0.6 is 0 Å². The quantitative estimate of drug-likeness (QED) is 0.631. The van der Waals surface area contributed by atoms with Crippen LogP contribution in [0.25, 0.3) is 0 Å². The number of aliphatic hydroxyl groups excluding tert-OH is 1. The van der Waals surface area contributed by atoms with Crippen LogP contribution in [0.3, 0.4) is 0 Å². The topological polar surface area (TPSA) is 26.7 Å². The molecule has 13 heavy (non-hydrogen) atoms. The summed E-state index contributed by atoms with van der Waals surface area (Å²) in [5.41, 5.74) is 0. The molecule has 1 rings (SSSR count). The van der Waals surface area contributed by atoms with Crippen molar-refractivity contribution in [2.24, 2.45) is 0 Å². The molecule has 0 unspecified atom stereocenters. The van der Waals surface area contributed by atoms with E-state index in [0.29, 0.717) is 0 Å². The van der Waals surface area contributed by atoms with Gasteiger partial charge in [-0.15, -0.1) is 6.58 Å². The van der Waals surface area contributed by atoms with Gasteiger partial charge in [0, 0.05) is 26.2 Å². The summed E-state index contributed by atoms with van der Waals surface area (Å²) in [5, 5.41) is 8.81. The molecule has 3 nitrogen and oxygen atoms in total. The third-order valence-corrected chi connectivity index (χ3v) is 2.48. The molecule has 0 aromatic carbocycles. The minimum absolute atomic E-state index is 0.279. The van der Waals surface area contributed by atoms with Crippen LogP contribution in [0.2, 0.25) is 0 Å². The SMILES string of the molecule is C=CCN1CCCN(CCO)CC1. The zero-order chi connectivity index (χ0) is 9.52. The lowest BCUT2D eigenvalue weighted by Crippen LogP contribution is -2.32. The van der Waals surface area contributed by atoms with Crippen LogP contribution in [-0.4, -0.2) is 60.8 Å². The first-order chi connectivity index (χ1) is 6.36. The van der Waals surface area contributed by atoms with Crippen molar-refractivity contribution in [3.8, 4) is 0 Å². The van der Waals surface area contributed by atoms with E-state index in [-0.39, 0.29) is 6.61 Å². The van der Waals surface area contributed by atoms with Gasteiger partial charge in [0.1, 0.15) is 0 Å². The van der Waals surface area contributed by atoms with Crippen molar-refractivity contribution in [1.82, 2.24) is 9.80 Å². The van der Waals surface area contributed by atoms with Gasteiger partial charge < -0.3 is 5.11 Å². The van der Waals surface area contributed by atoms with Gasteiger partial charge in [0.05, 0.1) is 6.61 Å². The van der Waals surface area contributed by atoms with Gasteiger partial charge >= 0.3 is 0 Å². The van der Waals surface area contributed by atoms with E-state index in [0.717, 1.165) is 39.3 Å². The number of hydrogen-bond acceptors (Lipinski definition) is 3. The fraction of sp³-hybridized carbons (Fsp3) is 0.800. The Hall–Kier alpha value is -0.380. The van der Waals surface area contributed by atoms with Crippen molar-refractivity contribution >= 4 is 0 Å². The van der Waals surface area contributed by atoms with Crippen LogP contribution in [-0.2, 0) is 0 Å². The first-order valence-electron chi connectivity index (χ1n) is 5.03. The van der Waals surface area contributed by atoms with Crippen LogP contribution in [0.15, 0.2) is 12.7 Å². The molecule has 1 heterocycles. The molecule has 3 heteroatoms. The second-order valence-electron chi connectivity index (χ2n) is 3.51. The predicted octanol–water partition coefficient (Wildman–Crippen LogP) is 0.172. The Kier molecular flexibility index (Phi) is 5.05. The summed E-state index contributed by atoms with van der Waals surface area (Å²) < 4.78 is 0. The molecule has 76 valence electrons. The van der Waals surface area contributed by atoms with Crippen molar-refractivity contribution < 1.29 is 5.11 Å². The van der Waals surface area contributed by atoms with Crippen LogP contribution < -0.4 is 0 Å². The van der Waals surface area contributed by atoms with E-state index < -0.39 is 0 Å². The average molecular weight is 184 g/mol. The standard InChI is InChI=1S/C10H20N2O/c1-2-4-11-5-3-6-12(8-7-11)9-10-13/h2,13H,1,3-10H2. The Labute approximate surface area is 80.6 Å². The fourth-order valence-electron chi connectivity index (χ4n) is 1.75. The van der Waals surface area contributed by atoms with E-state index in [1.807, 2.05) is 6.08 Å². The lowest BCUT2D eigenvalue weighted by Gasteiger charge is -2.19. The van der Waals surface area contributed by atoms with Gasteiger partial charge in [-0.3, -0.25) is 9.80 Å². The van der Waals surface area contributed by atoms with E-state index in [1.165, 1.54) is 6.42 Å². The second-order valence-corrected chi connectivity index (χ2v) is 3.51. The molecule has 1 aliphatic heterocycles. The molecule has 0 aliphatic carbocycles. The average Bonchev–Trinajstić information content (AvgIpc) is 2.33. The zero-order valence-electron chi connectivity index (χ0n) is 8.28. The largest absolute Gasteiger partial charge is 0.395 e. The lowest BCUT2D eigenvalue weighted by molar-refractivity contribution is 0.198. The van der Waals surface area contributed by atoms with Gasteiger partial charge in [-0.25, -0.2) is 0 Å².